The normalized spacial score (nSPS) is 14.0. The predicted molar refractivity (Wildman–Crippen MR) is 176 cm³/mol. The number of nitrogens with zero attached hydrogens (tertiary/aromatic N) is 3. The van der Waals surface area contributed by atoms with Gasteiger partial charge in [-0.25, -0.2) is 13.2 Å². The molecular weight excluding hydrogens is 590 g/mol. The lowest BCUT2D eigenvalue weighted by Crippen LogP contribution is -2.50. The van der Waals surface area contributed by atoms with Crippen LogP contribution in [-0.2, 0) is 43.7 Å². The highest BCUT2D eigenvalue weighted by molar-refractivity contribution is 7.89. The molecule has 242 valence electrons. The highest BCUT2D eigenvalue weighted by Gasteiger charge is 2.29. The molecule has 0 atom stereocenters. The summed E-state index contributed by atoms with van der Waals surface area (Å²) in [5.41, 5.74) is 3.08. The van der Waals surface area contributed by atoms with E-state index >= 15 is 0 Å². The summed E-state index contributed by atoms with van der Waals surface area (Å²) in [6, 6.07) is 24.5. The first kappa shape index (κ1) is 34.0. The van der Waals surface area contributed by atoms with Gasteiger partial charge in [0.05, 0.1) is 11.5 Å². The van der Waals surface area contributed by atoms with Crippen LogP contribution in [0.15, 0.2) is 83.8 Å². The summed E-state index contributed by atoms with van der Waals surface area (Å²) in [7, 11) is -3.90. The molecule has 0 aliphatic carbocycles. The van der Waals surface area contributed by atoms with Crippen LogP contribution < -0.4 is 4.90 Å². The Labute approximate surface area is 267 Å². The van der Waals surface area contributed by atoms with E-state index in [2.05, 4.69) is 4.90 Å². The quantitative estimate of drug-likeness (QED) is 0.237. The van der Waals surface area contributed by atoms with Crippen LogP contribution >= 0.6 is 0 Å². The molecule has 1 amide bonds. The molecule has 1 aliphatic rings. The average Bonchev–Trinajstić information content (AvgIpc) is 3.02. The van der Waals surface area contributed by atoms with Gasteiger partial charge in [-0.1, -0.05) is 60.7 Å². The van der Waals surface area contributed by atoms with Crippen LogP contribution in [-0.4, -0.2) is 74.6 Å². The molecule has 3 aromatic rings. The van der Waals surface area contributed by atoms with E-state index in [4.69, 9.17) is 9.47 Å². The Bertz CT molecular complexity index is 1530. The number of rotatable bonds is 12. The van der Waals surface area contributed by atoms with Crippen molar-refractivity contribution in [1.29, 1.82) is 0 Å². The van der Waals surface area contributed by atoms with Crippen molar-refractivity contribution in [2.75, 3.05) is 44.2 Å². The highest BCUT2D eigenvalue weighted by Crippen LogP contribution is 2.27. The number of sulfonamides is 1. The molecule has 0 saturated carbocycles. The van der Waals surface area contributed by atoms with Crippen molar-refractivity contribution in [1.82, 2.24) is 9.21 Å². The second kappa shape index (κ2) is 15.4. The lowest BCUT2D eigenvalue weighted by atomic mass is 10.1. The lowest BCUT2D eigenvalue weighted by molar-refractivity contribution is -0.143. The average molecular weight is 636 g/mol. The molecule has 0 radical (unpaired) electrons. The summed E-state index contributed by atoms with van der Waals surface area (Å²) in [5.74, 6) is -0.307. The zero-order valence-electron chi connectivity index (χ0n) is 26.8. The van der Waals surface area contributed by atoms with Crippen molar-refractivity contribution in [2.45, 2.75) is 64.0 Å². The van der Waals surface area contributed by atoms with E-state index < -0.39 is 15.6 Å². The van der Waals surface area contributed by atoms with E-state index in [0.29, 0.717) is 52.2 Å². The van der Waals surface area contributed by atoms with Crippen LogP contribution in [0.1, 0.15) is 50.8 Å². The van der Waals surface area contributed by atoms with Crippen LogP contribution in [0.5, 0.6) is 0 Å². The van der Waals surface area contributed by atoms with Crippen molar-refractivity contribution in [2.24, 2.45) is 0 Å². The summed E-state index contributed by atoms with van der Waals surface area (Å²) >= 11 is 0. The minimum absolute atomic E-state index is 0.184. The molecule has 10 heteroatoms. The number of esters is 1. The number of ether oxygens (including phenoxy) is 2. The van der Waals surface area contributed by atoms with Gasteiger partial charge >= 0.3 is 12.1 Å². The zero-order valence-corrected chi connectivity index (χ0v) is 27.6. The van der Waals surface area contributed by atoms with Crippen LogP contribution in [0, 0.1) is 0 Å². The summed E-state index contributed by atoms with van der Waals surface area (Å²) in [4.78, 5) is 28.7. The van der Waals surface area contributed by atoms with Gasteiger partial charge in [0.2, 0.25) is 10.0 Å². The Hall–Kier alpha value is -3.89. The summed E-state index contributed by atoms with van der Waals surface area (Å²) < 4.78 is 40.6. The van der Waals surface area contributed by atoms with Gasteiger partial charge in [-0.05, 0) is 75.4 Å². The largest absolute Gasteiger partial charge is 0.466 e. The fourth-order valence-electron chi connectivity index (χ4n) is 5.27. The fraction of sp³-hybridized carbons (Fsp3) is 0.429. The minimum Gasteiger partial charge on any atom is -0.466 e. The number of anilines is 1. The van der Waals surface area contributed by atoms with Crippen molar-refractivity contribution in [3.8, 4) is 0 Å². The molecule has 1 saturated heterocycles. The van der Waals surface area contributed by atoms with Gasteiger partial charge < -0.3 is 19.3 Å². The highest BCUT2D eigenvalue weighted by atomic mass is 32.2. The van der Waals surface area contributed by atoms with Crippen molar-refractivity contribution in [3.63, 3.8) is 0 Å². The Balaban J connectivity index is 1.56. The first-order chi connectivity index (χ1) is 21.5. The Morgan fingerprint density at radius 3 is 2.20 bits per heavy atom. The number of hydrogen-bond donors (Lipinski definition) is 0. The number of aryl methyl sites for hydroxylation is 1. The smallest absolute Gasteiger partial charge is 0.410 e. The van der Waals surface area contributed by atoms with E-state index in [-0.39, 0.29) is 29.9 Å². The van der Waals surface area contributed by atoms with Crippen LogP contribution in [0.3, 0.4) is 0 Å². The monoisotopic (exact) mass is 635 g/mol. The molecule has 45 heavy (non-hydrogen) atoms. The summed E-state index contributed by atoms with van der Waals surface area (Å²) in [6.07, 6.45) is 0.811. The molecule has 3 aromatic carbocycles. The molecule has 1 fully saturated rings. The van der Waals surface area contributed by atoms with Gasteiger partial charge in [0.15, 0.2) is 0 Å². The molecule has 0 bridgehead atoms. The molecule has 9 nitrogen and oxygen atoms in total. The van der Waals surface area contributed by atoms with Crippen LogP contribution in [0.2, 0.25) is 0 Å². The lowest BCUT2D eigenvalue weighted by Gasteiger charge is -2.38. The van der Waals surface area contributed by atoms with Gasteiger partial charge in [-0.15, -0.1) is 0 Å². The summed E-state index contributed by atoms with van der Waals surface area (Å²) in [6.45, 7) is 10.4. The third-order valence-electron chi connectivity index (χ3n) is 7.56. The number of amides is 1. The molecule has 0 spiro atoms. The molecule has 0 N–H and O–H groups in total. The standard InChI is InChI=1S/C35H45N3O6S/c1-5-43-33(39)19-18-29-14-11-16-31(26-29)45(41,42)38(21-20-28-12-7-6-8-13-28)27-30-15-9-10-17-32(30)36-22-24-37(25-23-36)34(40)44-35(2,3)4/h6-17,26H,5,18-25,27H2,1-4H3. The number of piperazine rings is 1. The van der Waals surface area contributed by atoms with Crippen LogP contribution in [0.4, 0.5) is 10.5 Å². The summed E-state index contributed by atoms with van der Waals surface area (Å²) in [5, 5.41) is 0. The number of para-hydroxylation sites is 1. The van der Waals surface area contributed by atoms with E-state index in [0.717, 1.165) is 22.4 Å². The molecule has 1 heterocycles. The second-order valence-corrected chi connectivity index (χ2v) is 14.0. The first-order valence-electron chi connectivity index (χ1n) is 15.6. The maximum Gasteiger partial charge on any atom is 0.410 e. The van der Waals surface area contributed by atoms with Gasteiger partial charge in [0.25, 0.3) is 0 Å². The maximum absolute atomic E-state index is 14.2. The number of hydrogen-bond acceptors (Lipinski definition) is 7. The Morgan fingerprint density at radius 1 is 0.844 bits per heavy atom. The molecule has 0 aromatic heterocycles. The van der Waals surface area contributed by atoms with E-state index in [1.165, 1.54) is 0 Å². The van der Waals surface area contributed by atoms with E-state index in [1.54, 1.807) is 34.3 Å². The fourth-order valence-corrected chi connectivity index (χ4v) is 6.76. The van der Waals surface area contributed by atoms with Gasteiger partial charge in [-0.2, -0.15) is 4.31 Å². The first-order valence-corrected chi connectivity index (χ1v) is 17.0. The van der Waals surface area contributed by atoms with Gasteiger partial charge in [0, 0.05) is 51.4 Å². The molecule has 0 unspecified atom stereocenters. The number of carbonyl (C=O) groups excluding carboxylic acids is 2. The van der Waals surface area contributed by atoms with Crippen molar-refractivity contribution in [3.05, 3.63) is 95.6 Å². The molecular formula is C35H45N3O6S. The molecule has 4 rings (SSSR count). The second-order valence-electron chi connectivity index (χ2n) is 12.1. The predicted octanol–water partition coefficient (Wildman–Crippen LogP) is 5.67. The minimum atomic E-state index is -3.90. The number of carbonyl (C=O) groups is 2. The van der Waals surface area contributed by atoms with Gasteiger partial charge in [-0.3, -0.25) is 4.79 Å². The van der Waals surface area contributed by atoms with Crippen molar-refractivity contribution >= 4 is 27.8 Å². The molecule has 1 aliphatic heterocycles. The van der Waals surface area contributed by atoms with Crippen molar-refractivity contribution < 1.29 is 27.5 Å². The van der Waals surface area contributed by atoms with E-state index in [9.17, 15) is 18.0 Å². The third kappa shape index (κ3) is 9.80. The Kier molecular flexibility index (Phi) is 11.6. The third-order valence-corrected chi connectivity index (χ3v) is 9.40. The Morgan fingerprint density at radius 2 is 1.51 bits per heavy atom. The zero-order chi connectivity index (χ0) is 32.5. The van der Waals surface area contributed by atoms with E-state index in [1.807, 2.05) is 81.4 Å². The van der Waals surface area contributed by atoms with Gasteiger partial charge in [0.1, 0.15) is 5.60 Å². The SMILES string of the molecule is CCOC(=O)CCc1cccc(S(=O)(=O)N(CCc2ccccc2)Cc2ccccc2N2CCN(C(=O)OC(C)(C)C)CC2)c1. The maximum atomic E-state index is 14.2. The van der Waals surface area contributed by atoms with Crippen LogP contribution in [0.25, 0.3) is 0 Å². The topological polar surface area (TPSA) is 96.5 Å². The number of benzene rings is 3.